The monoisotopic (exact) mass is 401 g/mol. The normalized spacial score (nSPS) is 18.9. The van der Waals surface area contributed by atoms with Gasteiger partial charge in [-0.2, -0.15) is 0 Å². The fraction of sp³-hybridized carbons (Fsp3) is 0.250. The molecule has 6 N–H and O–H groups in total. The van der Waals surface area contributed by atoms with Crippen LogP contribution in [0, 0.1) is 0 Å². The number of carboxylic acid groups (broad SMARTS) is 1. The third-order valence-electron chi connectivity index (χ3n) is 4.99. The molecule has 2 aliphatic carbocycles. The predicted octanol–water partition coefficient (Wildman–Crippen LogP) is 0.536. The van der Waals surface area contributed by atoms with Gasteiger partial charge in [0, 0.05) is 28.7 Å². The number of carbonyl (C=O) groups is 3. The summed E-state index contributed by atoms with van der Waals surface area (Å²) >= 11 is 0. The zero-order valence-corrected chi connectivity index (χ0v) is 15.4. The molecule has 9 heteroatoms. The second-order valence-electron chi connectivity index (χ2n) is 6.63. The molecule has 0 heterocycles. The molecule has 0 spiro atoms. The quantitative estimate of drug-likeness (QED) is 0.414. The highest BCUT2D eigenvalue weighted by molar-refractivity contribution is 6.29. The lowest BCUT2D eigenvalue weighted by Crippen LogP contribution is -2.23. The zero-order valence-electron chi connectivity index (χ0n) is 15.4. The van der Waals surface area contributed by atoms with Crippen molar-refractivity contribution in [2.45, 2.75) is 25.2 Å². The van der Waals surface area contributed by atoms with Crippen LogP contribution in [0.1, 0.15) is 54.6 Å². The van der Waals surface area contributed by atoms with Gasteiger partial charge in [0.15, 0.2) is 11.6 Å². The number of aliphatic hydroxyl groups is 3. The molecule has 1 amide bonds. The van der Waals surface area contributed by atoms with E-state index in [4.69, 9.17) is 14.6 Å². The van der Waals surface area contributed by atoms with E-state index in [9.17, 15) is 24.9 Å². The molecule has 0 radical (unpaired) electrons. The summed E-state index contributed by atoms with van der Waals surface area (Å²) in [5.74, 6) is -0.191. The lowest BCUT2D eigenvalue weighted by molar-refractivity contribution is 0.0317. The van der Waals surface area contributed by atoms with Crippen LogP contribution in [0.4, 0.5) is 4.79 Å². The minimum absolute atomic E-state index is 0.0666. The third kappa shape index (κ3) is 3.35. The van der Waals surface area contributed by atoms with Crippen LogP contribution in [-0.4, -0.2) is 51.3 Å². The number of methoxy groups -OCH3 is 1. The van der Waals surface area contributed by atoms with Crippen LogP contribution >= 0.6 is 0 Å². The Bertz CT molecular complexity index is 1030. The Hall–Kier alpha value is -3.27. The van der Waals surface area contributed by atoms with Crippen molar-refractivity contribution in [3.05, 3.63) is 63.2 Å². The second-order valence-corrected chi connectivity index (χ2v) is 6.63. The molecule has 2 atom stereocenters. The largest absolute Gasteiger partial charge is 0.497 e. The Labute approximate surface area is 165 Å². The van der Waals surface area contributed by atoms with Crippen molar-refractivity contribution in [1.29, 1.82) is 0 Å². The molecular formula is C20H19NO8. The molecule has 9 nitrogen and oxygen atoms in total. The van der Waals surface area contributed by atoms with E-state index in [-0.39, 0.29) is 40.2 Å². The lowest BCUT2D eigenvalue weighted by Gasteiger charge is -2.22. The predicted molar refractivity (Wildman–Crippen MR) is 99.1 cm³/mol. The van der Waals surface area contributed by atoms with E-state index in [0.717, 1.165) is 0 Å². The van der Waals surface area contributed by atoms with Crippen molar-refractivity contribution < 1.29 is 39.5 Å². The van der Waals surface area contributed by atoms with Crippen molar-refractivity contribution in [2.24, 2.45) is 5.73 Å². The number of fused-ring (bicyclic) bond motifs is 4. The molecule has 0 aromatic heterocycles. The number of ether oxygens (including phenoxy) is 1. The van der Waals surface area contributed by atoms with Gasteiger partial charge in [0.1, 0.15) is 11.9 Å². The summed E-state index contributed by atoms with van der Waals surface area (Å²) in [4.78, 5) is 34.7. The molecule has 4 rings (SSSR count). The number of hydrogen-bond donors (Lipinski definition) is 5. The Morgan fingerprint density at radius 1 is 1.14 bits per heavy atom. The first-order chi connectivity index (χ1) is 13.7. The highest BCUT2D eigenvalue weighted by Gasteiger charge is 2.40. The summed E-state index contributed by atoms with van der Waals surface area (Å²) in [7, 11) is 1.48. The number of hydrogen-bond acceptors (Lipinski definition) is 7. The van der Waals surface area contributed by atoms with E-state index < -0.39 is 24.9 Å². The molecule has 29 heavy (non-hydrogen) atoms. The van der Waals surface area contributed by atoms with E-state index in [0.29, 0.717) is 22.4 Å². The fourth-order valence-corrected chi connectivity index (χ4v) is 3.79. The maximum Gasteiger partial charge on any atom is 0.402 e. The van der Waals surface area contributed by atoms with Gasteiger partial charge in [-0.15, -0.1) is 0 Å². The molecule has 2 unspecified atom stereocenters. The van der Waals surface area contributed by atoms with Crippen LogP contribution < -0.4 is 10.5 Å². The van der Waals surface area contributed by atoms with Crippen LogP contribution in [0.15, 0.2) is 24.3 Å². The third-order valence-corrected chi connectivity index (χ3v) is 4.99. The number of benzene rings is 2. The van der Waals surface area contributed by atoms with Crippen molar-refractivity contribution >= 4 is 17.7 Å². The van der Waals surface area contributed by atoms with Gasteiger partial charge in [0.05, 0.1) is 19.8 Å². The Kier molecular flexibility index (Phi) is 5.38. The highest BCUT2D eigenvalue weighted by atomic mass is 16.5. The van der Waals surface area contributed by atoms with E-state index >= 15 is 0 Å². The van der Waals surface area contributed by atoms with Gasteiger partial charge in [-0.25, -0.2) is 4.79 Å². The first-order valence-electron chi connectivity index (χ1n) is 8.62. The Morgan fingerprint density at radius 2 is 1.79 bits per heavy atom. The summed E-state index contributed by atoms with van der Waals surface area (Å²) in [5.41, 5.74) is 6.10. The smallest absolute Gasteiger partial charge is 0.402 e. The van der Waals surface area contributed by atoms with E-state index in [1.165, 1.54) is 19.2 Å². The van der Waals surface area contributed by atoms with Crippen molar-refractivity contribution in [1.82, 2.24) is 0 Å². The molecular weight excluding hydrogens is 382 g/mol. The number of carbonyl (C=O) groups excluding carboxylic acids is 2. The number of rotatable bonds is 2. The van der Waals surface area contributed by atoms with Crippen LogP contribution in [0.25, 0.3) is 0 Å². The van der Waals surface area contributed by atoms with Gasteiger partial charge >= 0.3 is 6.09 Å². The van der Waals surface area contributed by atoms with E-state index in [2.05, 4.69) is 5.73 Å². The van der Waals surface area contributed by atoms with Crippen molar-refractivity contribution in [2.75, 3.05) is 7.11 Å². The minimum atomic E-state index is -1.33. The molecule has 0 aliphatic heterocycles. The van der Waals surface area contributed by atoms with Crippen molar-refractivity contribution in [3.8, 4) is 5.75 Å². The minimum Gasteiger partial charge on any atom is -0.497 e. The van der Waals surface area contributed by atoms with E-state index in [1.807, 2.05) is 0 Å². The average molecular weight is 401 g/mol. The molecule has 2 aromatic rings. The summed E-state index contributed by atoms with van der Waals surface area (Å²) in [6.45, 7) is -0.397. The maximum absolute atomic E-state index is 13.0. The topological polar surface area (TPSA) is 167 Å². The van der Waals surface area contributed by atoms with Crippen LogP contribution in [0.5, 0.6) is 5.75 Å². The maximum atomic E-state index is 13.0. The lowest BCUT2D eigenvalue weighted by atomic mass is 9.79. The second kappa shape index (κ2) is 7.63. The fourth-order valence-electron chi connectivity index (χ4n) is 3.79. The summed E-state index contributed by atoms with van der Waals surface area (Å²) in [6.07, 6.45) is -3.51. The molecule has 2 aliphatic rings. The number of primary amides is 1. The number of ketones is 2. The van der Waals surface area contributed by atoms with Crippen LogP contribution in [-0.2, 0) is 13.0 Å². The number of amides is 1. The molecule has 0 saturated carbocycles. The molecule has 0 bridgehead atoms. The van der Waals surface area contributed by atoms with E-state index in [1.54, 1.807) is 12.1 Å². The van der Waals surface area contributed by atoms with Gasteiger partial charge in [-0.05, 0) is 41.0 Å². The SMILES string of the molecule is COc1ccc2c(c1)C(=O)c1cc(CO)c3c(c1C2=O)CC(O)C3O.NC(=O)O. The molecule has 2 aromatic carbocycles. The molecule has 0 saturated heterocycles. The number of nitrogens with two attached hydrogens (primary N) is 1. The first-order valence-corrected chi connectivity index (χ1v) is 8.62. The zero-order chi connectivity index (χ0) is 21.5. The summed E-state index contributed by atoms with van der Waals surface area (Å²) < 4.78 is 5.13. The number of aliphatic hydroxyl groups excluding tert-OH is 3. The van der Waals surface area contributed by atoms with Crippen LogP contribution in [0.2, 0.25) is 0 Å². The van der Waals surface area contributed by atoms with Gasteiger partial charge in [-0.3, -0.25) is 9.59 Å². The molecule has 152 valence electrons. The Morgan fingerprint density at radius 3 is 2.38 bits per heavy atom. The summed E-state index contributed by atoms with van der Waals surface area (Å²) in [6, 6.07) is 6.12. The van der Waals surface area contributed by atoms with Crippen molar-refractivity contribution in [3.63, 3.8) is 0 Å². The summed E-state index contributed by atoms with van der Waals surface area (Å²) in [5, 5.41) is 37.0. The van der Waals surface area contributed by atoms with Gasteiger partial charge in [-0.1, -0.05) is 0 Å². The standard InChI is InChI=1S/C19H16O6.CH3NO2/c1-25-9-2-3-10-11(5-9)17(22)13-4-8(7-20)15-12(16(13)18(10)23)6-14(21)19(15)24;2-1(3)4/h2-5,14,19-21,24H,6-7H2,1H3;2H2,(H,3,4). The Balaban J connectivity index is 0.000000552. The molecule has 0 fully saturated rings. The highest BCUT2D eigenvalue weighted by Crippen LogP contribution is 2.41. The first kappa shape index (κ1) is 20.5. The average Bonchev–Trinajstić information content (AvgIpc) is 2.98. The van der Waals surface area contributed by atoms with Gasteiger partial charge < -0.3 is 30.9 Å². The van der Waals surface area contributed by atoms with Gasteiger partial charge in [0.25, 0.3) is 0 Å². The van der Waals surface area contributed by atoms with Crippen LogP contribution in [0.3, 0.4) is 0 Å². The van der Waals surface area contributed by atoms with Gasteiger partial charge in [0.2, 0.25) is 0 Å².